The first-order valence-electron chi connectivity index (χ1n) is 5.74. The molecule has 0 aliphatic heterocycles. The molecule has 86 valence electrons. The average Bonchev–Trinajstić information content (AvgIpc) is 2.42. The number of H-pyrrole nitrogens is 1. The quantitative estimate of drug-likeness (QED) is 0.782. The van der Waals surface area contributed by atoms with Crippen molar-refractivity contribution >= 4 is 0 Å². The van der Waals surface area contributed by atoms with Crippen molar-refractivity contribution in [1.29, 1.82) is 0 Å². The van der Waals surface area contributed by atoms with Crippen LogP contribution >= 0.6 is 0 Å². The van der Waals surface area contributed by atoms with Crippen LogP contribution in [0.3, 0.4) is 0 Å². The summed E-state index contributed by atoms with van der Waals surface area (Å²) in [5.41, 5.74) is 3.60. The van der Waals surface area contributed by atoms with Gasteiger partial charge in [-0.1, -0.05) is 13.8 Å². The molecule has 0 bridgehead atoms. The van der Waals surface area contributed by atoms with Gasteiger partial charge in [0.05, 0.1) is 5.69 Å². The molecule has 0 radical (unpaired) electrons. The number of hydrogen-bond acceptors (Lipinski definition) is 2. The fraction of sp³-hybridized carbons (Fsp3) is 0.750. The molecule has 1 aromatic heterocycles. The number of aromatic nitrogens is 2. The van der Waals surface area contributed by atoms with Crippen molar-refractivity contribution < 1.29 is 0 Å². The molecule has 1 aromatic rings. The Bertz CT molecular complexity index is 282. The number of aromatic amines is 1. The minimum Gasteiger partial charge on any atom is -0.310 e. The van der Waals surface area contributed by atoms with Gasteiger partial charge in [-0.25, -0.2) is 0 Å². The van der Waals surface area contributed by atoms with Crippen LogP contribution in [0.15, 0.2) is 0 Å². The van der Waals surface area contributed by atoms with Crippen LogP contribution in [-0.4, -0.2) is 16.2 Å². The topological polar surface area (TPSA) is 40.7 Å². The van der Waals surface area contributed by atoms with E-state index in [0.717, 1.165) is 18.2 Å². The van der Waals surface area contributed by atoms with Gasteiger partial charge in [0.15, 0.2) is 0 Å². The molecule has 15 heavy (non-hydrogen) atoms. The predicted molar refractivity (Wildman–Crippen MR) is 63.8 cm³/mol. The molecule has 1 rings (SSSR count). The van der Waals surface area contributed by atoms with Crippen molar-refractivity contribution in [3.8, 4) is 0 Å². The summed E-state index contributed by atoms with van der Waals surface area (Å²) in [6.45, 7) is 11.8. The normalized spacial score (nSPS) is 13.5. The molecule has 1 heterocycles. The monoisotopic (exact) mass is 209 g/mol. The van der Waals surface area contributed by atoms with Gasteiger partial charge in [0, 0.05) is 23.8 Å². The lowest BCUT2D eigenvalue weighted by atomic mass is 10.0. The summed E-state index contributed by atoms with van der Waals surface area (Å²) in [5, 5.41) is 10.7. The van der Waals surface area contributed by atoms with Crippen LogP contribution in [0, 0.1) is 19.8 Å². The van der Waals surface area contributed by atoms with Gasteiger partial charge < -0.3 is 5.32 Å². The Kier molecular flexibility index (Phi) is 4.33. The molecule has 1 unspecified atom stereocenters. The highest BCUT2D eigenvalue weighted by atomic mass is 15.1. The van der Waals surface area contributed by atoms with Crippen LogP contribution in [0.25, 0.3) is 0 Å². The maximum absolute atomic E-state index is 4.19. The van der Waals surface area contributed by atoms with Crippen LogP contribution in [-0.2, 0) is 6.54 Å². The number of nitrogens with one attached hydrogen (secondary N) is 2. The van der Waals surface area contributed by atoms with E-state index in [9.17, 15) is 0 Å². The Morgan fingerprint density at radius 2 is 1.93 bits per heavy atom. The Balaban J connectivity index is 2.43. The third-order valence-electron chi connectivity index (χ3n) is 2.73. The van der Waals surface area contributed by atoms with Gasteiger partial charge in [-0.3, -0.25) is 5.10 Å². The van der Waals surface area contributed by atoms with E-state index < -0.39 is 0 Å². The van der Waals surface area contributed by atoms with Crippen LogP contribution in [0.5, 0.6) is 0 Å². The number of nitrogens with zero attached hydrogens (tertiary/aromatic N) is 1. The van der Waals surface area contributed by atoms with Crippen molar-refractivity contribution in [3.05, 3.63) is 17.0 Å². The molecular weight excluding hydrogens is 186 g/mol. The summed E-state index contributed by atoms with van der Waals surface area (Å²) in [6.07, 6.45) is 1.22. The number of rotatable bonds is 5. The molecular formula is C12H23N3. The van der Waals surface area contributed by atoms with E-state index in [1.807, 2.05) is 6.92 Å². The lowest BCUT2D eigenvalue weighted by Gasteiger charge is -2.15. The summed E-state index contributed by atoms with van der Waals surface area (Å²) >= 11 is 0. The summed E-state index contributed by atoms with van der Waals surface area (Å²) < 4.78 is 0. The molecule has 0 saturated carbocycles. The molecule has 0 aliphatic carbocycles. The predicted octanol–water partition coefficient (Wildman–Crippen LogP) is 2.55. The first kappa shape index (κ1) is 12.2. The van der Waals surface area contributed by atoms with Gasteiger partial charge >= 0.3 is 0 Å². The molecule has 0 fully saturated rings. The van der Waals surface area contributed by atoms with E-state index in [0.29, 0.717) is 6.04 Å². The molecule has 3 heteroatoms. The second kappa shape index (κ2) is 5.31. The fourth-order valence-corrected chi connectivity index (χ4v) is 1.90. The van der Waals surface area contributed by atoms with Gasteiger partial charge in [0.25, 0.3) is 0 Å². The molecule has 0 saturated heterocycles. The van der Waals surface area contributed by atoms with Crippen LogP contribution in [0.2, 0.25) is 0 Å². The smallest absolute Gasteiger partial charge is 0.0638 e. The first-order valence-corrected chi connectivity index (χ1v) is 5.74. The Morgan fingerprint density at radius 3 is 2.40 bits per heavy atom. The van der Waals surface area contributed by atoms with Gasteiger partial charge in [-0.05, 0) is 33.1 Å². The van der Waals surface area contributed by atoms with Crippen molar-refractivity contribution in [1.82, 2.24) is 15.5 Å². The minimum absolute atomic E-state index is 0.568. The van der Waals surface area contributed by atoms with Crippen LogP contribution < -0.4 is 5.32 Å². The zero-order valence-electron chi connectivity index (χ0n) is 10.5. The average molecular weight is 209 g/mol. The van der Waals surface area contributed by atoms with E-state index in [2.05, 4.69) is 43.2 Å². The summed E-state index contributed by atoms with van der Waals surface area (Å²) in [7, 11) is 0. The van der Waals surface area contributed by atoms with Gasteiger partial charge in [-0.15, -0.1) is 0 Å². The third-order valence-corrected chi connectivity index (χ3v) is 2.73. The maximum atomic E-state index is 4.19. The zero-order chi connectivity index (χ0) is 11.4. The summed E-state index contributed by atoms with van der Waals surface area (Å²) in [6, 6.07) is 0.568. The number of aryl methyl sites for hydroxylation is 2. The van der Waals surface area contributed by atoms with E-state index in [1.54, 1.807) is 0 Å². The largest absolute Gasteiger partial charge is 0.310 e. The molecule has 0 spiro atoms. The molecule has 1 atom stereocenters. The van der Waals surface area contributed by atoms with E-state index in [1.165, 1.54) is 17.7 Å². The molecule has 3 nitrogen and oxygen atoms in total. The fourth-order valence-electron chi connectivity index (χ4n) is 1.90. The van der Waals surface area contributed by atoms with E-state index in [4.69, 9.17) is 0 Å². The van der Waals surface area contributed by atoms with E-state index in [-0.39, 0.29) is 0 Å². The van der Waals surface area contributed by atoms with Crippen molar-refractivity contribution in [3.63, 3.8) is 0 Å². The lowest BCUT2D eigenvalue weighted by Crippen LogP contribution is -2.27. The molecule has 2 N–H and O–H groups in total. The molecule has 0 amide bonds. The highest BCUT2D eigenvalue weighted by Crippen LogP contribution is 2.10. The maximum Gasteiger partial charge on any atom is 0.0638 e. The lowest BCUT2D eigenvalue weighted by molar-refractivity contribution is 0.441. The Morgan fingerprint density at radius 1 is 1.27 bits per heavy atom. The van der Waals surface area contributed by atoms with Gasteiger partial charge in [0.2, 0.25) is 0 Å². The highest BCUT2D eigenvalue weighted by Gasteiger charge is 2.08. The van der Waals surface area contributed by atoms with Crippen molar-refractivity contribution in [2.75, 3.05) is 0 Å². The van der Waals surface area contributed by atoms with Gasteiger partial charge in [0.1, 0.15) is 0 Å². The molecule has 0 aromatic carbocycles. The minimum atomic E-state index is 0.568. The van der Waals surface area contributed by atoms with Crippen molar-refractivity contribution in [2.45, 2.75) is 53.6 Å². The first-order chi connectivity index (χ1) is 7.00. The standard InChI is InChI=1S/C12H23N3/c1-8(2)6-9(3)13-7-12-10(4)14-15-11(12)5/h8-9,13H,6-7H2,1-5H3,(H,14,15). The third kappa shape index (κ3) is 3.67. The van der Waals surface area contributed by atoms with Crippen LogP contribution in [0.1, 0.15) is 44.1 Å². The van der Waals surface area contributed by atoms with Crippen molar-refractivity contribution in [2.24, 2.45) is 5.92 Å². The van der Waals surface area contributed by atoms with Crippen LogP contribution in [0.4, 0.5) is 0 Å². The van der Waals surface area contributed by atoms with Gasteiger partial charge in [-0.2, -0.15) is 5.10 Å². The zero-order valence-corrected chi connectivity index (χ0v) is 10.5. The molecule has 0 aliphatic rings. The Labute approximate surface area is 92.7 Å². The second-order valence-corrected chi connectivity index (χ2v) is 4.82. The highest BCUT2D eigenvalue weighted by molar-refractivity contribution is 5.22. The SMILES string of the molecule is Cc1n[nH]c(C)c1CNC(C)CC(C)C. The summed E-state index contributed by atoms with van der Waals surface area (Å²) in [5.74, 6) is 0.749. The second-order valence-electron chi connectivity index (χ2n) is 4.82. The Hall–Kier alpha value is -0.830. The summed E-state index contributed by atoms with van der Waals surface area (Å²) in [4.78, 5) is 0. The number of hydrogen-bond donors (Lipinski definition) is 2. The van der Waals surface area contributed by atoms with E-state index >= 15 is 0 Å².